The molecule has 1 fully saturated rings. The quantitative estimate of drug-likeness (QED) is 0.849. The summed E-state index contributed by atoms with van der Waals surface area (Å²) in [6, 6.07) is 1.35. The minimum absolute atomic E-state index is 0.0116. The number of carbonyl (C=O) groups is 2. The average molecular weight is 349 g/mol. The van der Waals surface area contributed by atoms with Crippen molar-refractivity contribution in [3.8, 4) is 0 Å². The Balaban J connectivity index is 1.91. The number of nitrogens with one attached hydrogen (secondary N) is 1. The molecule has 4 nitrogen and oxygen atoms in total. The first-order valence-electron chi connectivity index (χ1n) is 7.32. The van der Waals surface area contributed by atoms with Gasteiger partial charge >= 0.3 is 12.1 Å². The zero-order valence-corrected chi connectivity index (χ0v) is 13.4. The molecule has 0 radical (unpaired) electrons. The monoisotopic (exact) mass is 349 g/mol. The number of methoxy groups -OCH3 is 1. The average Bonchev–Trinajstić information content (AvgIpc) is 2.95. The van der Waals surface area contributed by atoms with Crippen LogP contribution in [0.4, 0.5) is 13.2 Å². The molecular formula is C15H18F3NO3S. The van der Waals surface area contributed by atoms with E-state index in [1.165, 1.54) is 18.4 Å². The minimum Gasteiger partial charge on any atom is -0.469 e. The van der Waals surface area contributed by atoms with E-state index in [4.69, 9.17) is 0 Å². The number of halogens is 3. The van der Waals surface area contributed by atoms with E-state index in [9.17, 15) is 22.8 Å². The van der Waals surface area contributed by atoms with Gasteiger partial charge in [-0.1, -0.05) is 0 Å². The summed E-state index contributed by atoms with van der Waals surface area (Å²) < 4.78 is 42.5. The van der Waals surface area contributed by atoms with Gasteiger partial charge in [0.1, 0.15) is 0 Å². The van der Waals surface area contributed by atoms with Crippen LogP contribution in [0.25, 0.3) is 0 Å². The summed E-state index contributed by atoms with van der Waals surface area (Å²) in [5, 5.41) is 4.48. The third-order valence-corrected chi connectivity index (χ3v) is 4.97. The van der Waals surface area contributed by atoms with E-state index in [-0.39, 0.29) is 31.2 Å². The Kier molecular flexibility index (Phi) is 5.67. The van der Waals surface area contributed by atoms with Gasteiger partial charge in [-0.2, -0.15) is 13.2 Å². The molecule has 1 N–H and O–H groups in total. The number of alkyl halides is 3. The summed E-state index contributed by atoms with van der Waals surface area (Å²) >= 11 is 1.28. The highest BCUT2D eigenvalue weighted by atomic mass is 32.1. The van der Waals surface area contributed by atoms with Gasteiger partial charge in [-0.3, -0.25) is 9.59 Å². The standard InChI is InChI=1S/C15H18F3NO3S/c1-22-13(20)8-12-11(6-7-23-12)14(21)19-10-4-2-9(3-5-10)15(16,17)18/h6-7,9-10H,2-5,8H2,1H3,(H,19,21). The summed E-state index contributed by atoms with van der Waals surface area (Å²) in [6.45, 7) is 0. The first-order valence-corrected chi connectivity index (χ1v) is 8.20. The van der Waals surface area contributed by atoms with Gasteiger partial charge in [-0.15, -0.1) is 11.3 Å². The van der Waals surface area contributed by atoms with Crippen LogP contribution >= 0.6 is 11.3 Å². The molecule has 0 bridgehead atoms. The van der Waals surface area contributed by atoms with Crippen molar-refractivity contribution in [2.75, 3.05) is 7.11 Å². The molecule has 0 aliphatic heterocycles. The molecule has 0 saturated heterocycles. The molecule has 1 heterocycles. The molecule has 0 aromatic carbocycles. The summed E-state index contributed by atoms with van der Waals surface area (Å²) in [6.07, 6.45) is -3.45. The van der Waals surface area contributed by atoms with Gasteiger partial charge in [0.15, 0.2) is 0 Å². The topological polar surface area (TPSA) is 55.4 Å². The Morgan fingerprint density at radius 2 is 1.96 bits per heavy atom. The number of hydrogen-bond donors (Lipinski definition) is 1. The lowest BCUT2D eigenvalue weighted by Crippen LogP contribution is -2.40. The van der Waals surface area contributed by atoms with E-state index in [1.807, 2.05) is 0 Å². The van der Waals surface area contributed by atoms with Crippen LogP contribution in [0.2, 0.25) is 0 Å². The lowest BCUT2D eigenvalue weighted by molar-refractivity contribution is -0.182. The Bertz CT molecular complexity index is 563. The second-order valence-electron chi connectivity index (χ2n) is 5.57. The third-order valence-electron chi connectivity index (χ3n) is 4.05. The third kappa shape index (κ3) is 4.70. The van der Waals surface area contributed by atoms with Crippen molar-refractivity contribution in [2.24, 2.45) is 5.92 Å². The van der Waals surface area contributed by atoms with Gasteiger partial charge < -0.3 is 10.1 Å². The maximum absolute atomic E-state index is 12.6. The van der Waals surface area contributed by atoms with Crippen LogP contribution in [0.15, 0.2) is 11.4 Å². The van der Waals surface area contributed by atoms with E-state index in [2.05, 4.69) is 10.1 Å². The molecule has 1 saturated carbocycles. The predicted molar refractivity (Wildman–Crippen MR) is 79.3 cm³/mol. The zero-order valence-electron chi connectivity index (χ0n) is 12.6. The molecule has 8 heteroatoms. The fourth-order valence-corrected chi connectivity index (χ4v) is 3.57. The van der Waals surface area contributed by atoms with E-state index in [1.54, 1.807) is 11.4 Å². The van der Waals surface area contributed by atoms with Crippen LogP contribution < -0.4 is 5.32 Å². The first kappa shape index (κ1) is 17.8. The number of amides is 1. The van der Waals surface area contributed by atoms with Crippen LogP contribution in [0.1, 0.15) is 40.9 Å². The molecule has 0 unspecified atom stereocenters. The van der Waals surface area contributed by atoms with Crippen LogP contribution in [0.3, 0.4) is 0 Å². The van der Waals surface area contributed by atoms with Gasteiger partial charge in [0.2, 0.25) is 0 Å². The van der Waals surface area contributed by atoms with Crippen molar-refractivity contribution >= 4 is 23.2 Å². The number of esters is 1. The van der Waals surface area contributed by atoms with Crippen molar-refractivity contribution in [1.29, 1.82) is 0 Å². The van der Waals surface area contributed by atoms with Crippen molar-refractivity contribution in [3.63, 3.8) is 0 Å². The highest BCUT2D eigenvalue weighted by molar-refractivity contribution is 7.10. The van der Waals surface area contributed by atoms with Crippen LogP contribution in [-0.4, -0.2) is 31.2 Å². The first-order chi connectivity index (χ1) is 10.8. The fourth-order valence-electron chi connectivity index (χ4n) is 2.71. The van der Waals surface area contributed by atoms with E-state index in [0.29, 0.717) is 23.3 Å². The van der Waals surface area contributed by atoms with Crippen molar-refractivity contribution in [3.05, 3.63) is 21.9 Å². The molecule has 1 aliphatic rings. The van der Waals surface area contributed by atoms with Gasteiger partial charge in [-0.05, 0) is 37.1 Å². The maximum atomic E-state index is 12.6. The van der Waals surface area contributed by atoms with Crippen molar-refractivity contribution in [1.82, 2.24) is 5.32 Å². The summed E-state index contributed by atoms with van der Waals surface area (Å²) in [7, 11) is 1.27. The molecule has 128 valence electrons. The lowest BCUT2D eigenvalue weighted by atomic mass is 9.85. The SMILES string of the molecule is COC(=O)Cc1sccc1C(=O)NC1CCC(C(F)(F)F)CC1. The molecular weight excluding hydrogens is 331 g/mol. The number of carbonyl (C=O) groups excluding carboxylic acids is 2. The fraction of sp³-hybridized carbons (Fsp3) is 0.600. The Hall–Kier alpha value is -1.57. The largest absolute Gasteiger partial charge is 0.469 e. The molecule has 1 amide bonds. The minimum atomic E-state index is -4.16. The van der Waals surface area contributed by atoms with Crippen molar-refractivity contribution in [2.45, 2.75) is 44.3 Å². The van der Waals surface area contributed by atoms with E-state index < -0.39 is 18.1 Å². The normalized spacial score (nSPS) is 21.7. The molecule has 2 rings (SSSR count). The number of rotatable bonds is 4. The van der Waals surface area contributed by atoms with Gasteiger partial charge in [-0.25, -0.2) is 0 Å². The Labute approximate surface area is 136 Å². The number of ether oxygens (including phenoxy) is 1. The summed E-state index contributed by atoms with van der Waals surface area (Å²) in [4.78, 5) is 24.2. The number of thiophene rings is 1. The lowest BCUT2D eigenvalue weighted by Gasteiger charge is -2.30. The molecule has 23 heavy (non-hydrogen) atoms. The molecule has 0 spiro atoms. The van der Waals surface area contributed by atoms with Gasteiger partial charge in [0.05, 0.1) is 25.0 Å². The molecule has 1 aromatic rings. The van der Waals surface area contributed by atoms with Crippen LogP contribution in [-0.2, 0) is 16.0 Å². The van der Waals surface area contributed by atoms with E-state index in [0.717, 1.165) is 0 Å². The van der Waals surface area contributed by atoms with Crippen LogP contribution in [0, 0.1) is 5.92 Å². The molecule has 0 atom stereocenters. The maximum Gasteiger partial charge on any atom is 0.391 e. The zero-order chi connectivity index (χ0) is 17.0. The highest BCUT2D eigenvalue weighted by Gasteiger charge is 2.41. The second kappa shape index (κ2) is 7.33. The highest BCUT2D eigenvalue weighted by Crippen LogP contribution is 2.37. The van der Waals surface area contributed by atoms with Crippen LogP contribution in [0.5, 0.6) is 0 Å². The van der Waals surface area contributed by atoms with Crippen molar-refractivity contribution < 1.29 is 27.5 Å². The number of hydrogen-bond acceptors (Lipinski definition) is 4. The Morgan fingerprint density at radius 1 is 1.30 bits per heavy atom. The molecule has 1 aromatic heterocycles. The second-order valence-corrected chi connectivity index (χ2v) is 6.57. The van der Waals surface area contributed by atoms with Gasteiger partial charge in [0.25, 0.3) is 5.91 Å². The summed E-state index contributed by atoms with van der Waals surface area (Å²) in [5.74, 6) is -2.06. The van der Waals surface area contributed by atoms with E-state index >= 15 is 0 Å². The predicted octanol–water partition coefficient (Wildman–Crippen LogP) is 3.31. The summed E-state index contributed by atoms with van der Waals surface area (Å²) in [5.41, 5.74) is 0.387. The van der Waals surface area contributed by atoms with Gasteiger partial charge in [0, 0.05) is 10.9 Å². The molecule has 1 aliphatic carbocycles. The smallest absolute Gasteiger partial charge is 0.391 e. The Morgan fingerprint density at radius 3 is 2.52 bits per heavy atom.